The molecule has 0 radical (unpaired) electrons. The zero-order valence-corrected chi connectivity index (χ0v) is 14.7. The van der Waals surface area contributed by atoms with Gasteiger partial charge < -0.3 is 16.4 Å². The van der Waals surface area contributed by atoms with Gasteiger partial charge in [-0.3, -0.25) is 4.79 Å². The van der Waals surface area contributed by atoms with Crippen molar-refractivity contribution in [2.75, 3.05) is 0 Å². The van der Waals surface area contributed by atoms with Gasteiger partial charge in [0.1, 0.15) is 0 Å². The molecule has 0 aliphatic carbocycles. The van der Waals surface area contributed by atoms with Crippen molar-refractivity contribution in [3.8, 4) is 0 Å². The average molecular weight is 385 g/mol. The number of thiophene rings is 1. The molecule has 2 unspecified atom stereocenters. The van der Waals surface area contributed by atoms with E-state index in [1.54, 1.807) is 19.1 Å². The maximum absolute atomic E-state index is 12.6. The molecule has 1 aromatic heterocycles. The Hall–Kier alpha value is -2.55. The molecule has 0 saturated carbocycles. The van der Waals surface area contributed by atoms with Gasteiger partial charge in [-0.15, -0.1) is 11.3 Å². The number of hydrogen-bond acceptors (Lipinski definition) is 3. The molecule has 1 heterocycles. The highest BCUT2D eigenvalue weighted by atomic mass is 32.1. The Morgan fingerprint density at radius 2 is 1.81 bits per heavy atom. The number of nitrogens with one attached hydrogen (secondary N) is 2. The summed E-state index contributed by atoms with van der Waals surface area (Å²) in [7, 11) is 0. The van der Waals surface area contributed by atoms with Gasteiger partial charge in [-0.05, 0) is 36.1 Å². The van der Waals surface area contributed by atoms with Crippen molar-refractivity contribution in [2.45, 2.75) is 31.6 Å². The van der Waals surface area contributed by atoms with E-state index in [9.17, 15) is 22.8 Å². The first kappa shape index (κ1) is 19.8. The first-order valence-electron chi connectivity index (χ1n) is 7.72. The first-order chi connectivity index (χ1) is 12.2. The largest absolute Gasteiger partial charge is 0.416 e. The number of alkyl halides is 3. The van der Waals surface area contributed by atoms with Gasteiger partial charge in [0.25, 0.3) is 0 Å². The van der Waals surface area contributed by atoms with Crippen LogP contribution in [0.2, 0.25) is 0 Å². The van der Waals surface area contributed by atoms with Crippen molar-refractivity contribution in [3.05, 3.63) is 57.8 Å². The van der Waals surface area contributed by atoms with Gasteiger partial charge in [-0.25, -0.2) is 4.79 Å². The van der Waals surface area contributed by atoms with Crippen LogP contribution in [0.25, 0.3) is 0 Å². The molecule has 0 saturated heterocycles. The third-order valence-electron chi connectivity index (χ3n) is 3.71. The fourth-order valence-electron chi connectivity index (χ4n) is 2.41. The number of carbonyl (C=O) groups excluding carboxylic acids is 2. The quantitative estimate of drug-likeness (QED) is 0.708. The van der Waals surface area contributed by atoms with Crippen LogP contribution in [0.1, 0.15) is 41.4 Å². The highest BCUT2D eigenvalue weighted by Crippen LogP contribution is 2.30. The molecule has 26 heavy (non-hydrogen) atoms. The van der Waals surface area contributed by atoms with E-state index >= 15 is 0 Å². The van der Waals surface area contributed by atoms with Crippen molar-refractivity contribution in [3.63, 3.8) is 0 Å². The second-order valence-corrected chi connectivity index (χ2v) is 6.67. The molecule has 2 rings (SSSR count). The molecule has 4 N–H and O–H groups in total. The highest BCUT2D eigenvalue weighted by molar-refractivity contribution is 7.10. The Balaban J connectivity index is 2.00. The second-order valence-electron chi connectivity index (χ2n) is 5.69. The Kier molecular flexibility index (Phi) is 6.25. The van der Waals surface area contributed by atoms with Crippen LogP contribution >= 0.6 is 11.3 Å². The van der Waals surface area contributed by atoms with Crippen LogP contribution < -0.4 is 16.4 Å². The minimum atomic E-state index is -4.40. The van der Waals surface area contributed by atoms with Crippen LogP contribution in [0.15, 0.2) is 41.8 Å². The van der Waals surface area contributed by atoms with Gasteiger partial charge in [0.2, 0.25) is 5.91 Å². The van der Waals surface area contributed by atoms with Crippen LogP contribution in [-0.2, 0) is 11.0 Å². The molecule has 0 aliphatic rings. The van der Waals surface area contributed by atoms with Crippen molar-refractivity contribution in [1.82, 2.24) is 10.6 Å². The Labute approximate surface area is 152 Å². The minimum absolute atomic E-state index is 0.0333. The molecule has 0 spiro atoms. The van der Waals surface area contributed by atoms with E-state index in [2.05, 4.69) is 10.6 Å². The van der Waals surface area contributed by atoms with Crippen molar-refractivity contribution >= 4 is 23.3 Å². The third-order valence-corrected chi connectivity index (χ3v) is 4.69. The summed E-state index contributed by atoms with van der Waals surface area (Å²) in [5.41, 5.74) is 4.94. The van der Waals surface area contributed by atoms with Gasteiger partial charge in [-0.1, -0.05) is 18.2 Å². The van der Waals surface area contributed by atoms with Gasteiger partial charge >= 0.3 is 12.2 Å². The number of halogens is 3. The SMILES string of the molecule is CC(NC(=O)CC(NC(N)=O)c1cccs1)c1ccc(C(F)(F)F)cc1. The maximum Gasteiger partial charge on any atom is 0.416 e. The van der Waals surface area contributed by atoms with Gasteiger partial charge in [-0.2, -0.15) is 13.2 Å². The molecule has 0 fully saturated rings. The molecule has 0 aliphatic heterocycles. The van der Waals surface area contributed by atoms with Gasteiger partial charge in [0.15, 0.2) is 0 Å². The third kappa shape index (κ3) is 5.48. The normalized spacial score (nSPS) is 13.7. The van der Waals surface area contributed by atoms with E-state index in [1.807, 2.05) is 5.38 Å². The topological polar surface area (TPSA) is 84.2 Å². The molecular weight excluding hydrogens is 367 g/mol. The first-order valence-corrected chi connectivity index (χ1v) is 8.60. The lowest BCUT2D eigenvalue weighted by atomic mass is 10.1. The molecule has 5 nitrogen and oxygen atoms in total. The molecule has 2 aromatic rings. The average Bonchev–Trinajstić information content (AvgIpc) is 3.07. The summed E-state index contributed by atoms with van der Waals surface area (Å²) in [6, 6.07) is 6.37. The molecular formula is C17H18F3N3O2S. The number of carbonyl (C=O) groups is 2. The van der Waals surface area contributed by atoms with Crippen LogP contribution in [0.5, 0.6) is 0 Å². The van der Waals surface area contributed by atoms with E-state index in [-0.39, 0.29) is 12.3 Å². The number of primary amides is 1. The predicted molar refractivity (Wildman–Crippen MR) is 92.4 cm³/mol. The van der Waals surface area contributed by atoms with Crippen LogP contribution in [0, 0.1) is 0 Å². The standard InChI is InChI=1S/C17H18F3N3O2S/c1-10(11-4-6-12(7-5-11)17(18,19)20)22-15(24)9-13(23-16(21)25)14-3-2-8-26-14/h2-8,10,13H,9H2,1H3,(H,22,24)(H3,21,23,25). The predicted octanol–water partition coefficient (Wildman–Crippen LogP) is 3.74. The molecule has 2 atom stereocenters. The number of rotatable bonds is 6. The molecule has 9 heteroatoms. The van der Waals surface area contributed by atoms with Crippen LogP contribution in [-0.4, -0.2) is 11.9 Å². The summed E-state index contributed by atoms with van der Waals surface area (Å²) in [6.07, 6.45) is -4.44. The maximum atomic E-state index is 12.6. The van der Waals surface area contributed by atoms with Crippen molar-refractivity contribution in [2.24, 2.45) is 5.73 Å². The summed E-state index contributed by atoms with van der Waals surface area (Å²) in [5.74, 6) is -0.357. The van der Waals surface area contributed by atoms with Crippen molar-refractivity contribution in [1.29, 1.82) is 0 Å². The molecule has 1 aromatic carbocycles. The van der Waals surface area contributed by atoms with Crippen LogP contribution in [0.3, 0.4) is 0 Å². The lowest BCUT2D eigenvalue weighted by Gasteiger charge is -2.19. The molecule has 0 bridgehead atoms. The Morgan fingerprint density at radius 1 is 1.15 bits per heavy atom. The highest BCUT2D eigenvalue weighted by Gasteiger charge is 2.30. The van der Waals surface area contributed by atoms with Gasteiger partial charge in [0, 0.05) is 4.88 Å². The smallest absolute Gasteiger partial charge is 0.352 e. The monoisotopic (exact) mass is 385 g/mol. The number of nitrogens with two attached hydrogens (primary N) is 1. The Morgan fingerprint density at radius 3 is 2.31 bits per heavy atom. The zero-order valence-electron chi connectivity index (χ0n) is 13.8. The summed E-state index contributed by atoms with van der Waals surface area (Å²) in [4.78, 5) is 24.2. The van der Waals surface area contributed by atoms with Crippen LogP contribution in [0.4, 0.5) is 18.0 Å². The number of amides is 3. The Bertz CT molecular complexity index is 746. The van der Waals surface area contributed by atoms with E-state index in [4.69, 9.17) is 5.73 Å². The van der Waals surface area contributed by atoms with Gasteiger partial charge in [0.05, 0.1) is 24.1 Å². The fourth-order valence-corrected chi connectivity index (χ4v) is 3.19. The fraction of sp³-hybridized carbons (Fsp3) is 0.294. The van der Waals surface area contributed by atoms with E-state index in [1.165, 1.54) is 23.5 Å². The summed E-state index contributed by atoms with van der Waals surface area (Å²) in [6.45, 7) is 1.67. The summed E-state index contributed by atoms with van der Waals surface area (Å²) < 4.78 is 37.8. The van der Waals surface area contributed by atoms with E-state index in [0.717, 1.165) is 17.0 Å². The number of urea groups is 1. The molecule has 140 valence electrons. The van der Waals surface area contributed by atoms with Crippen molar-refractivity contribution < 1.29 is 22.8 Å². The second kappa shape index (κ2) is 8.22. The summed E-state index contributed by atoms with van der Waals surface area (Å²) >= 11 is 1.38. The lowest BCUT2D eigenvalue weighted by Crippen LogP contribution is -2.36. The zero-order chi connectivity index (χ0) is 19.3. The number of benzene rings is 1. The molecule has 3 amide bonds. The summed E-state index contributed by atoms with van der Waals surface area (Å²) in [5, 5.41) is 7.04. The van der Waals surface area contributed by atoms with E-state index < -0.39 is 29.9 Å². The van der Waals surface area contributed by atoms with E-state index in [0.29, 0.717) is 5.56 Å². The lowest BCUT2D eigenvalue weighted by molar-refractivity contribution is -0.137. The number of hydrogen-bond donors (Lipinski definition) is 3. The minimum Gasteiger partial charge on any atom is -0.352 e.